The predicted octanol–water partition coefficient (Wildman–Crippen LogP) is 4.08. The fourth-order valence-corrected chi connectivity index (χ4v) is 2.49. The number of carbonyl (C=O) groups excluding carboxylic acids is 2. The van der Waals surface area contributed by atoms with Crippen LogP contribution in [-0.4, -0.2) is 34.5 Å². The maximum atomic E-state index is 12.4. The molecular formula is C20H21N3O4. The van der Waals surface area contributed by atoms with Gasteiger partial charge < -0.3 is 14.8 Å². The van der Waals surface area contributed by atoms with Gasteiger partial charge in [-0.3, -0.25) is 4.79 Å². The number of ether oxygens (including phenoxy) is 2. The Morgan fingerprint density at radius 3 is 2.41 bits per heavy atom. The minimum atomic E-state index is -0.629. The average molecular weight is 367 g/mol. The summed E-state index contributed by atoms with van der Waals surface area (Å²) >= 11 is 0. The van der Waals surface area contributed by atoms with E-state index < -0.39 is 11.7 Å². The zero-order valence-corrected chi connectivity index (χ0v) is 15.6. The SMILES string of the molecule is COc1ccc(C(=O)Nc2ccc3cnn(C(=O)OC(C)(C)C)c3c2)cc1. The molecule has 1 N–H and O–H groups in total. The third-order valence-electron chi connectivity index (χ3n) is 3.75. The highest BCUT2D eigenvalue weighted by Gasteiger charge is 2.20. The number of nitrogens with one attached hydrogen (secondary N) is 1. The summed E-state index contributed by atoms with van der Waals surface area (Å²) < 4.78 is 11.6. The van der Waals surface area contributed by atoms with Crippen molar-refractivity contribution in [2.45, 2.75) is 26.4 Å². The number of benzene rings is 2. The van der Waals surface area contributed by atoms with E-state index in [0.29, 0.717) is 22.5 Å². The van der Waals surface area contributed by atoms with Gasteiger partial charge in [-0.15, -0.1) is 0 Å². The standard InChI is InChI=1S/C20H21N3O4/c1-20(2,3)27-19(25)23-17-11-15(8-5-14(17)12-21-23)22-18(24)13-6-9-16(26-4)10-7-13/h5-12H,1-4H3,(H,22,24). The Bertz CT molecular complexity index is 985. The van der Waals surface area contributed by atoms with Crippen molar-refractivity contribution >= 4 is 28.6 Å². The molecule has 0 saturated heterocycles. The lowest BCUT2D eigenvalue weighted by molar-refractivity contribution is 0.0522. The Hall–Kier alpha value is -3.35. The number of aromatic nitrogens is 2. The van der Waals surface area contributed by atoms with Crippen LogP contribution in [0, 0.1) is 0 Å². The molecule has 3 rings (SSSR count). The van der Waals surface area contributed by atoms with E-state index in [9.17, 15) is 9.59 Å². The minimum Gasteiger partial charge on any atom is -0.497 e. The number of anilines is 1. The highest BCUT2D eigenvalue weighted by atomic mass is 16.6. The first-order chi connectivity index (χ1) is 12.8. The molecule has 0 fully saturated rings. The molecule has 0 bridgehead atoms. The number of nitrogens with zero attached hydrogens (tertiary/aromatic N) is 2. The molecule has 1 heterocycles. The average Bonchev–Trinajstić information content (AvgIpc) is 3.03. The van der Waals surface area contributed by atoms with Gasteiger partial charge in [-0.2, -0.15) is 9.78 Å². The van der Waals surface area contributed by atoms with Crippen LogP contribution >= 0.6 is 0 Å². The molecular weight excluding hydrogens is 346 g/mol. The van der Waals surface area contributed by atoms with Crippen molar-refractivity contribution in [3.05, 3.63) is 54.2 Å². The van der Waals surface area contributed by atoms with E-state index in [1.807, 2.05) is 0 Å². The summed E-state index contributed by atoms with van der Waals surface area (Å²) in [5, 5.41) is 7.68. The molecule has 0 unspecified atom stereocenters. The zero-order chi connectivity index (χ0) is 19.6. The fraction of sp³-hybridized carbons (Fsp3) is 0.250. The summed E-state index contributed by atoms with van der Waals surface area (Å²) in [7, 11) is 1.57. The highest BCUT2D eigenvalue weighted by molar-refractivity contribution is 6.05. The fourth-order valence-electron chi connectivity index (χ4n) is 2.49. The van der Waals surface area contributed by atoms with Crippen LogP contribution in [0.15, 0.2) is 48.7 Å². The monoisotopic (exact) mass is 367 g/mol. The van der Waals surface area contributed by atoms with Crippen molar-refractivity contribution in [3.63, 3.8) is 0 Å². The van der Waals surface area contributed by atoms with Crippen LogP contribution in [0.4, 0.5) is 10.5 Å². The Morgan fingerprint density at radius 1 is 1.07 bits per heavy atom. The van der Waals surface area contributed by atoms with Gasteiger partial charge in [-0.25, -0.2) is 4.79 Å². The van der Waals surface area contributed by atoms with Crippen molar-refractivity contribution in [1.82, 2.24) is 9.78 Å². The number of hydrogen-bond acceptors (Lipinski definition) is 5. The van der Waals surface area contributed by atoms with Gasteiger partial charge in [0.15, 0.2) is 0 Å². The van der Waals surface area contributed by atoms with Crippen molar-refractivity contribution in [3.8, 4) is 5.75 Å². The van der Waals surface area contributed by atoms with E-state index >= 15 is 0 Å². The van der Waals surface area contributed by atoms with Crippen LogP contribution in [0.3, 0.4) is 0 Å². The third kappa shape index (κ3) is 4.25. The lowest BCUT2D eigenvalue weighted by Gasteiger charge is -2.19. The maximum Gasteiger partial charge on any atom is 0.435 e. The van der Waals surface area contributed by atoms with Crippen LogP contribution in [0.5, 0.6) is 5.75 Å². The van der Waals surface area contributed by atoms with Crippen LogP contribution in [0.1, 0.15) is 31.1 Å². The summed E-state index contributed by atoms with van der Waals surface area (Å²) in [6.45, 7) is 5.37. The first-order valence-corrected chi connectivity index (χ1v) is 8.43. The summed E-state index contributed by atoms with van der Waals surface area (Å²) in [4.78, 5) is 24.8. The largest absolute Gasteiger partial charge is 0.497 e. The molecule has 7 nitrogen and oxygen atoms in total. The molecule has 0 aliphatic heterocycles. The second-order valence-corrected chi connectivity index (χ2v) is 6.99. The molecule has 7 heteroatoms. The Morgan fingerprint density at radius 2 is 1.78 bits per heavy atom. The van der Waals surface area contributed by atoms with E-state index in [4.69, 9.17) is 9.47 Å². The van der Waals surface area contributed by atoms with Crippen LogP contribution < -0.4 is 10.1 Å². The second-order valence-electron chi connectivity index (χ2n) is 6.99. The normalized spacial score (nSPS) is 11.3. The predicted molar refractivity (Wildman–Crippen MR) is 102 cm³/mol. The number of fused-ring (bicyclic) bond motifs is 1. The summed E-state index contributed by atoms with van der Waals surface area (Å²) in [6.07, 6.45) is 1.00. The van der Waals surface area contributed by atoms with Gasteiger partial charge in [0, 0.05) is 16.6 Å². The molecule has 140 valence electrons. The number of carbonyl (C=O) groups is 2. The topological polar surface area (TPSA) is 82.5 Å². The highest BCUT2D eigenvalue weighted by Crippen LogP contribution is 2.21. The smallest absolute Gasteiger partial charge is 0.435 e. The lowest BCUT2D eigenvalue weighted by Crippen LogP contribution is -2.27. The summed E-state index contributed by atoms with van der Waals surface area (Å²) in [5.74, 6) is 0.412. The Balaban J connectivity index is 1.84. The number of hydrogen-bond donors (Lipinski definition) is 1. The van der Waals surface area contributed by atoms with Crippen LogP contribution in [-0.2, 0) is 4.74 Å². The van der Waals surface area contributed by atoms with Gasteiger partial charge in [0.2, 0.25) is 0 Å². The molecule has 27 heavy (non-hydrogen) atoms. The van der Waals surface area contributed by atoms with E-state index in [-0.39, 0.29) is 5.91 Å². The zero-order valence-electron chi connectivity index (χ0n) is 15.6. The van der Waals surface area contributed by atoms with Crippen molar-refractivity contribution in [1.29, 1.82) is 0 Å². The van der Waals surface area contributed by atoms with E-state index in [1.54, 1.807) is 76.5 Å². The molecule has 0 aliphatic carbocycles. The Labute approximate surface area is 156 Å². The maximum absolute atomic E-state index is 12.4. The quantitative estimate of drug-likeness (QED) is 0.754. The van der Waals surface area contributed by atoms with Gasteiger partial charge in [0.25, 0.3) is 5.91 Å². The molecule has 0 aliphatic rings. The number of amides is 1. The van der Waals surface area contributed by atoms with Gasteiger partial charge in [0.1, 0.15) is 11.4 Å². The summed E-state index contributed by atoms with van der Waals surface area (Å²) in [5.41, 5.74) is 0.970. The summed E-state index contributed by atoms with van der Waals surface area (Å²) in [6, 6.07) is 12.0. The van der Waals surface area contributed by atoms with E-state index in [0.717, 1.165) is 5.39 Å². The second kappa shape index (κ2) is 7.11. The van der Waals surface area contributed by atoms with E-state index in [1.165, 1.54) is 4.68 Å². The molecule has 0 atom stereocenters. The molecule has 3 aromatic rings. The first-order valence-electron chi connectivity index (χ1n) is 8.43. The van der Waals surface area contributed by atoms with Gasteiger partial charge in [-0.1, -0.05) is 0 Å². The molecule has 0 radical (unpaired) electrons. The molecule has 2 aromatic carbocycles. The first kappa shape index (κ1) is 18.4. The molecule has 1 aromatic heterocycles. The van der Waals surface area contributed by atoms with Gasteiger partial charge >= 0.3 is 6.09 Å². The molecule has 0 saturated carbocycles. The minimum absolute atomic E-state index is 0.264. The number of rotatable bonds is 3. The van der Waals surface area contributed by atoms with Gasteiger partial charge in [0.05, 0.1) is 18.8 Å². The van der Waals surface area contributed by atoms with Crippen molar-refractivity contribution < 1.29 is 19.1 Å². The lowest BCUT2D eigenvalue weighted by atomic mass is 10.2. The Kier molecular flexibility index (Phi) is 4.85. The number of methoxy groups -OCH3 is 1. The van der Waals surface area contributed by atoms with E-state index in [2.05, 4.69) is 10.4 Å². The van der Waals surface area contributed by atoms with Crippen molar-refractivity contribution in [2.24, 2.45) is 0 Å². The third-order valence-corrected chi connectivity index (χ3v) is 3.75. The molecule has 0 spiro atoms. The van der Waals surface area contributed by atoms with Gasteiger partial charge in [-0.05, 0) is 63.2 Å². The van der Waals surface area contributed by atoms with Crippen LogP contribution in [0.2, 0.25) is 0 Å². The molecule has 1 amide bonds. The van der Waals surface area contributed by atoms with Crippen LogP contribution in [0.25, 0.3) is 10.9 Å². The van der Waals surface area contributed by atoms with Crippen molar-refractivity contribution in [2.75, 3.05) is 12.4 Å².